The van der Waals surface area contributed by atoms with Crippen LogP contribution in [0.5, 0.6) is 0 Å². The Bertz CT molecular complexity index is 692. The minimum atomic E-state index is -0.424. The topological polar surface area (TPSA) is 32.3 Å². The molecule has 1 aliphatic rings. The molecule has 144 valence electrons. The number of benzene rings is 2. The van der Waals surface area contributed by atoms with Crippen LogP contribution in [0.3, 0.4) is 0 Å². The number of halogens is 2. The Hall–Kier alpha value is -2.27. The molecule has 0 spiro atoms. The number of rotatable bonds is 6. The molecule has 1 heterocycles. The van der Waals surface area contributed by atoms with Gasteiger partial charge in [-0.1, -0.05) is 31.2 Å². The molecule has 0 saturated carbocycles. The zero-order valence-electron chi connectivity index (χ0n) is 15.6. The van der Waals surface area contributed by atoms with Gasteiger partial charge in [0.05, 0.1) is 6.04 Å². The van der Waals surface area contributed by atoms with Gasteiger partial charge in [-0.2, -0.15) is 0 Å². The minimum absolute atomic E-state index is 0.00444. The molecule has 0 radical (unpaired) electrons. The van der Waals surface area contributed by atoms with Crippen LogP contribution in [0.25, 0.3) is 0 Å². The average Bonchev–Trinajstić information content (AvgIpc) is 2.68. The van der Waals surface area contributed by atoms with Crippen molar-refractivity contribution in [3.8, 4) is 0 Å². The first-order chi connectivity index (χ1) is 13.1. The Balaban J connectivity index is 1.74. The number of carbonyl (C=O) groups is 1. The van der Waals surface area contributed by atoms with Crippen LogP contribution in [0.2, 0.25) is 0 Å². The number of nitrogens with zero attached hydrogens (tertiary/aromatic N) is 1. The quantitative estimate of drug-likeness (QED) is 0.820. The largest absolute Gasteiger partial charge is 0.345 e. The summed E-state index contributed by atoms with van der Waals surface area (Å²) in [5.74, 6) is -0.677. The molecular formula is C22H26F2N2O. The maximum Gasteiger partial charge on any atom is 0.223 e. The van der Waals surface area contributed by atoms with E-state index in [2.05, 4.69) is 17.1 Å². The summed E-state index contributed by atoms with van der Waals surface area (Å²) in [4.78, 5) is 15.3. The zero-order chi connectivity index (χ0) is 19.2. The molecule has 1 saturated heterocycles. The molecule has 5 heteroatoms. The Morgan fingerprint density at radius 1 is 1.00 bits per heavy atom. The molecule has 2 aromatic carbocycles. The van der Waals surface area contributed by atoms with Gasteiger partial charge in [0, 0.05) is 5.92 Å². The predicted octanol–water partition coefficient (Wildman–Crippen LogP) is 4.29. The third kappa shape index (κ3) is 5.13. The molecule has 0 aromatic heterocycles. The van der Waals surface area contributed by atoms with Gasteiger partial charge in [0.25, 0.3) is 0 Å². The summed E-state index contributed by atoms with van der Waals surface area (Å²) in [6, 6.07) is 11.7. The van der Waals surface area contributed by atoms with Crippen molar-refractivity contribution in [1.82, 2.24) is 10.2 Å². The second kappa shape index (κ2) is 9.09. The molecule has 2 aromatic rings. The number of carbonyl (C=O) groups excluding carboxylic acids is 1. The highest BCUT2D eigenvalue weighted by Crippen LogP contribution is 2.25. The van der Waals surface area contributed by atoms with Crippen molar-refractivity contribution in [2.75, 3.05) is 19.6 Å². The molecular weight excluding hydrogens is 346 g/mol. The lowest BCUT2D eigenvalue weighted by atomic mass is 9.93. The van der Waals surface area contributed by atoms with Gasteiger partial charge in [-0.05, 0) is 74.3 Å². The molecule has 1 aliphatic heterocycles. The van der Waals surface area contributed by atoms with Crippen molar-refractivity contribution in [1.29, 1.82) is 0 Å². The van der Waals surface area contributed by atoms with Crippen LogP contribution in [0, 0.1) is 17.6 Å². The third-order valence-electron chi connectivity index (χ3n) is 5.19. The van der Waals surface area contributed by atoms with Crippen LogP contribution < -0.4 is 5.32 Å². The van der Waals surface area contributed by atoms with Gasteiger partial charge in [0.15, 0.2) is 0 Å². The van der Waals surface area contributed by atoms with Crippen LogP contribution in [-0.2, 0) is 4.79 Å². The first kappa shape index (κ1) is 19.5. The summed E-state index contributed by atoms with van der Waals surface area (Å²) in [5.41, 5.74) is 1.56. The second-order valence-corrected chi connectivity index (χ2v) is 7.16. The maximum absolute atomic E-state index is 13.3. The van der Waals surface area contributed by atoms with Crippen LogP contribution in [-0.4, -0.2) is 30.4 Å². The number of hydrogen-bond acceptors (Lipinski definition) is 2. The summed E-state index contributed by atoms with van der Waals surface area (Å²) >= 11 is 0. The van der Waals surface area contributed by atoms with E-state index < -0.39 is 6.04 Å². The molecule has 0 aliphatic carbocycles. The smallest absolute Gasteiger partial charge is 0.223 e. The molecule has 0 unspecified atom stereocenters. The van der Waals surface area contributed by atoms with E-state index in [1.165, 1.54) is 24.3 Å². The van der Waals surface area contributed by atoms with Gasteiger partial charge in [-0.3, -0.25) is 4.79 Å². The van der Waals surface area contributed by atoms with Crippen LogP contribution in [0.1, 0.15) is 43.4 Å². The van der Waals surface area contributed by atoms with Crippen molar-refractivity contribution in [3.63, 3.8) is 0 Å². The van der Waals surface area contributed by atoms with Gasteiger partial charge in [0.2, 0.25) is 5.91 Å². The lowest BCUT2D eigenvalue weighted by molar-refractivity contribution is -0.127. The third-order valence-corrected chi connectivity index (χ3v) is 5.19. The molecule has 0 atom stereocenters. The molecule has 1 amide bonds. The first-order valence-electron chi connectivity index (χ1n) is 9.60. The summed E-state index contributed by atoms with van der Waals surface area (Å²) in [5, 5.41) is 3.10. The first-order valence-corrected chi connectivity index (χ1v) is 9.60. The van der Waals surface area contributed by atoms with Gasteiger partial charge in [-0.25, -0.2) is 8.78 Å². The van der Waals surface area contributed by atoms with E-state index in [9.17, 15) is 13.6 Å². The average molecular weight is 372 g/mol. The second-order valence-electron chi connectivity index (χ2n) is 7.16. The lowest BCUT2D eigenvalue weighted by Crippen LogP contribution is -2.42. The lowest BCUT2D eigenvalue weighted by Gasteiger charge is -2.32. The summed E-state index contributed by atoms with van der Waals surface area (Å²) in [6.45, 7) is 5.10. The highest BCUT2D eigenvalue weighted by molar-refractivity contribution is 5.79. The highest BCUT2D eigenvalue weighted by Gasteiger charge is 2.27. The van der Waals surface area contributed by atoms with Crippen molar-refractivity contribution in [3.05, 3.63) is 71.3 Å². The number of nitrogens with one attached hydrogen (secondary N) is 1. The number of hydrogen-bond donors (Lipinski definition) is 1. The number of piperidine rings is 1. The fourth-order valence-corrected chi connectivity index (χ4v) is 3.66. The fraction of sp³-hybridized carbons (Fsp3) is 0.409. The fourth-order valence-electron chi connectivity index (χ4n) is 3.66. The van der Waals surface area contributed by atoms with Crippen molar-refractivity contribution in [2.45, 2.75) is 32.2 Å². The normalized spacial score (nSPS) is 15.9. The van der Waals surface area contributed by atoms with Crippen molar-refractivity contribution < 1.29 is 13.6 Å². The van der Waals surface area contributed by atoms with E-state index in [0.717, 1.165) is 50.0 Å². The summed E-state index contributed by atoms with van der Waals surface area (Å²) in [6.07, 6.45) is 2.80. The molecule has 3 nitrogen and oxygen atoms in total. The van der Waals surface area contributed by atoms with Gasteiger partial charge in [0.1, 0.15) is 11.6 Å². The van der Waals surface area contributed by atoms with E-state index in [-0.39, 0.29) is 23.5 Å². The summed E-state index contributed by atoms with van der Waals surface area (Å²) in [7, 11) is 0. The van der Waals surface area contributed by atoms with E-state index in [1.807, 2.05) is 0 Å². The summed E-state index contributed by atoms with van der Waals surface area (Å²) < 4.78 is 26.6. The predicted molar refractivity (Wildman–Crippen MR) is 102 cm³/mol. The van der Waals surface area contributed by atoms with E-state index in [4.69, 9.17) is 0 Å². The van der Waals surface area contributed by atoms with Crippen LogP contribution in [0.4, 0.5) is 8.78 Å². The number of likely N-dealkylation sites (tertiary alicyclic amines) is 1. The molecule has 3 rings (SSSR count). The van der Waals surface area contributed by atoms with E-state index in [1.54, 1.807) is 24.3 Å². The van der Waals surface area contributed by atoms with E-state index >= 15 is 0 Å². The van der Waals surface area contributed by atoms with Crippen molar-refractivity contribution in [2.24, 2.45) is 5.92 Å². The SMILES string of the molecule is CCCN1CCC(C(=O)NC(c2ccc(F)cc2)c2ccc(F)cc2)CC1. The monoisotopic (exact) mass is 372 g/mol. The van der Waals surface area contributed by atoms with E-state index in [0.29, 0.717) is 0 Å². The van der Waals surface area contributed by atoms with Gasteiger partial charge in [-0.15, -0.1) is 0 Å². The molecule has 1 N–H and O–H groups in total. The maximum atomic E-state index is 13.3. The molecule has 1 fully saturated rings. The zero-order valence-corrected chi connectivity index (χ0v) is 15.6. The van der Waals surface area contributed by atoms with Crippen molar-refractivity contribution >= 4 is 5.91 Å². The standard InChI is InChI=1S/C22H26F2N2O/c1-2-13-26-14-11-18(12-15-26)22(27)25-21(16-3-7-19(23)8-4-16)17-5-9-20(24)10-6-17/h3-10,18,21H,2,11-15H2,1H3,(H,25,27). The van der Waals surface area contributed by atoms with Crippen LogP contribution >= 0.6 is 0 Å². The Morgan fingerprint density at radius 2 is 1.48 bits per heavy atom. The Morgan fingerprint density at radius 3 is 1.93 bits per heavy atom. The molecule has 27 heavy (non-hydrogen) atoms. The van der Waals surface area contributed by atoms with Crippen LogP contribution in [0.15, 0.2) is 48.5 Å². The number of amides is 1. The minimum Gasteiger partial charge on any atom is -0.345 e. The Kier molecular flexibility index (Phi) is 6.56. The van der Waals surface area contributed by atoms with Gasteiger partial charge < -0.3 is 10.2 Å². The highest BCUT2D eigenvalue weighted by atomic mass is 19.1. The van der Waals surface area contributed by atoms with Gasteiger partial charge >= 0.3 is 0 Å². The molecule has 0 bridgehead atoms. The Labute approximate surface area is 159 Å².